The van der Waals surface area contributed by atoms with Crippen LogP contribution in [0.2, 0.25) is 0 Å². The Hall–Kier alpha value is -2.75. The topological polar surface area (TPSA) is 42.8 Å². The van der Waals surface area contributed by atoms with Crippen LogP contribution in [0.5, 0.6) is 11.5 Å². The minimum Gasteiger partial charge on any atom is -0.497 e. The maximum absolute atomic E-state index is 5.27. The number of nitrogens with one attached hydrogen (secondary N) is 1. The summed E-state index contributed by atoms with van der Waals surface area (Å²) in [5.74, 6) is 2.20. The molecule has 1 aliphatic carbocycles. The normalized spacial score (nSPS) is 23.2. The van der Waals surface area contributed by atoms with Crippen LogP contribution in [-0.4, -0.2) is 19.9 Å². The first-order valence-corrected chi connectivity index (χ1v) is 9.10. The van der Waals surface area contributed by atoms with Gasteiger partial charge < -0.3 is 14.9 Å². The van der Waals surface area contributed by atoms with Gasteiger partial charge in [-0.15, -0.1) is 0 Å². The van der Waals surface area contributed by atoms with Crippen LogP contribution in [0.15, 0.2) is 59.2 Å². The van der Waals surface area contributed by atoms with E-state index in [0.29, 0.717) is 5.92 Å². The van der Waals surface area contributed by atoms with E-state index < -0.39 is 0 Å². The molecule has 0 amide bonds. The van der Waals surface area contributed by atoms with Crippen molar-refractivity contribution in [3.63, 3.8) is 0 Å². The Balaban J connectivity index is 1.56. The van der Waals surface area contributed by atoms with Gasteiger partial charge in [0.15, 0.2) is 0 Å². The standard InChI is InChI=1S/C22H24N2O2/c1-25-18-10-6-15(7-11-18)14-17-4-3-5-20-21(23-24-22(17)20)16-8-12-19(26-2)13-9-16/h6-14,20-21,23H,3-5H2,1-2H3/b17-14-. The van der Waals surface area contributed by atoms with Crippen LogP contribution in [0, 0.1) is 5.92 Å². The minimum atomic E-state index is 0.246. The predicted octanol–water partition coefficient (Wildman–Crippen LogP) is 4.59. The Morgan fingerprint density at radius 2 is 1.62 bits per heavy atom. The molecular formula is C22H24N2O2. The smallest absolute Gasteiger partial charge is 0.118 e. The van der Waals surface area contributed by atoms with Crippen LogP contribution in [-0.2, 0) is 0 Å². The third-order valence-corrected chi connectivity index (χ3v) is 5.30. The Labute approximate surface area is 154 Å². The lowest BCUT2D eigenvalue weighted by atomic mass is 9.78. The average Bonchev–Trinajstić information content (AvgIpc) is 3.14. The Bertz CT molecular complexity index is 822. The Kier molecular flexibility index (Phi) is 4.65. The Morgan fingerprint density at radius 1 is 0.962 bits per heavy atom. The van der Waals surface area contributed by atoms with Crippen molar-refractivity contribution in [3.8, 4) is 11.5 Å². The molecule has 4 nitrogen and oxygen atoms in total. The largest absolute Gasteiger partial charge is 0.497 e. The summed E-state index contributed by atoms with van der Waals surface area (Å²) in [5.41, 5.74) is 8.39. The van der Waals surface area contributed by atoms with Crippen molar-refractivity contribution < 1.29 is 9.47 Å². The van der Waals surface area contributed by atoms with Gasteiger partial charge in [0.1, 0.15) is 11.5 Å². The van der Waals surface area contributed by atoms with Gasteiger partial charge in [-0.1, -0.05) is 24.3 Å². The van der Waals surface area contributed by atoms with Crippen molar-refractivity contribution in [2.45, 2.75) is 25.3 Å². The summed E-state index contributed by atoms with van der Waals surface area (Å²) in [6.45, 7) is 0. The van der Waals surface area contributed by atoms with Gasteiger partial charge in [0.25, 0.3) is 0 Å². The number of benzene rings is 2. The van der Waals surface area contributed by atoms with Crippen molar-refractivity contribution >= 4 is 11.8 Å². The van der Waals surface area contributed by atoms with E-state index in [1.54, 1.807) is 14.2 Å². The second-order valence-electron chi connectivity index (χ2n) is 6.82. The van der Waals surface area contributed by atoms with E-state index in [-0.39, 0.29) is 6.04 Å². The van der Waals surface area contributed by atoms with E-state index in [4.69, 9.17) is 14.6 Å². The van der Waals surface area contributed by atoms with Gasteiger partial charge in [-0.05, 0) is 66.3 Å². The molecule has 1 N–H and O–H groups in total. The third kappa shape index (κ3) is 3.19. The summed E-state index contributed by atoms with van der Waals surface area (Å²) in [4.78, 5) is 0. The molecule has 26 heavy (non-hydrogen) atoms. The summed E-state index contributed by atoms with van der Waals surface area (Å²) < 4.78 is 10.5. The zero-order valence-electron chi connectivity index (χ0n) is 15.2. The van der Waals surface area contributed by atoms with Crippen LogP contribution in [0.3, 0.4) is 0 Å². The van der Waals surface area contributed by atoms with E-state index in [9.17, 15) is 0 Å². The maximum Gasteiger partial charge on any atom is 0.118 e. The molecule has 2 atom stereocenters. The van der Waals surface area contributed by atoms with E-state index in [2.05, 4.69) is 35.8 Å². The fraction of sp³-hybridized carbons (Fsp3) is 0.318. The number of nitrogens with zero attached hydrogens (tertiary/aromatic N) is 1. The maximum atomic E-state index is 5.27. The molecule has 2 unspecified atom stereocenters. The molecule has 2 aliphatic rings. The van der Waals surface area contributed by atoms with Gasteiger partial charge in [0.2, 0.25) is 0 Å². The minimum absolute atomic E-state index is 0.246. The molecule has 0 spiro atoms. The third-order valence-electron chi connectivity index (χ3n) is 5.30. The zero-order chi connectivity index (χ0) is 17.9. The van der Waals surface area contributed by atoms with Crippen molar-refractivity contribution in [1.29, 1.82) is 0 Å². The molecule has 1 heterocycles. The molecular weight excluding hydrogens is 324 g/mol. The number of fused-ring (bicyclic) bond motifs is 1. The monoisotopic (exact) mass is 348 g/mol. The predicted molar refractivity (Wildman–Crippen MR) is 105 cm³/mol. The average molecular weight is 348 g/mol. The first-order valence-electron chi connectivity index (χ1n) is 9.10. The highest BCUT2D eigenvalue weighted by molar-refractivity contribution is 6.07. The molecule has 134 valence electrons. The molecule has 4 rings (SSSR count). The number of hydrogen-bond donors (Lipinski definition) is 1. The number of ether oxygens (including phenoxy) is 2. The lowest BCUT2D eigenvalue weighted by molar-refractivity contribution is 0.413. The lowest BCUT2D eigenvalue weighted by Crippen LogP contribution is -2.25. The van der Waals surface area contributed by atoms with Crippen LogP contribution < -0.4 is 14.9 Å². The SMILES string of the molecule is COc1ccc(/C=C2/CCCC3C2=NNC3c2ccc(OC)cc2)cc1. The van der Waals surface area contributed by atoms with Gasteiger partial charge in [0, 0.05) is 5.92 Å². The van der Waals surface area contributed by atoms with E-state index >= 15 is 0 Å². The van der Waals surface area contributed by atoms with Gasteiger partial charge >= 0.3 is 0 Å². The molecule has 0 radical (unpaired) electrons. The van der Waals surface area contributed by atoms with Crippen LogP contribution in [0.25, 0.3) is 6.08 Å². The summed E-state index contributed by atoms with van der Waals surface area (Å²) >= 11 is 0. The van der Waals surface area contributed by atoms with Gasteiger partial charge in [-0.25, -0.2) is 0 Å². The fourth-order valence-corrected chi connectivity index (χ4v) is 3.89. The van der Waals surface area contributed by atoms with Gasteiger partial charge in [0.05, 0.1) is 26.0 Å². The van der Waals surface area contributed by atoms with E-state index in [0.717, 1.165) is 17.9 Å². The summed E-state index contributed by atoms with van der Waals surface area (Å²) in [6, 6.07) is 16.8. The van der Waals surface area contributed by atoms with E-state index in [1.807, 2.05) is 24.3 Å². The number of hydrogen-bond acceptors (Lipinski definition) is 4. The van der Waals surface area contributed by atoms with E-state index in [1.165, 1.54) is 35.3 Å². The first kappa shape index (κ1) is 16.7. The molecule has 4 heteroatoms. The molecule has 0 bridgehead atoms. The quantitative estimate of drug-likeness (QED) is 0.879. The van der Waals surface area contributed by atoms with Gasteiger partial charge in [-0.3, -0.25) is 0 Å². The molecule has 2 aromatic rings. The van der Waals surface area contributed by atoms with Crippen LogP contribution >= 0.6 is 0 Å². The molecule has 1 fully saturated rings. The summed E-state index contributed by atoms with van der Waals surface area (Å²) in [5, 5.41) is 4.71. The van der Waals surface area contributed by atoms with Crippen molar-refractivity contribution in [2.75, 3.05) is 14.2 Å². The summed E-state index contributed by atoms with van der Waals surface area (Å²) in [7, 11) is 3.39. The molecule has 0 saturated heterocycles. The number of allylic oxidation sites excluding steroid dienone is 1. The van der Waals surface area contributed by atoms with Crippen molar-refractivity contribution in [2.24, 2.45) is 11.0 Å². The molecule has 2 aromatic carbocycles. The highest BCUT2D eigenvalue weighted by Gasteiger charge is 2.36. The molecule has 1 aliphatic heterocycles. The second-order valence-corrected chi connectivity index (χ2v) is 6.82. The highest BCUT2D eigenvalue weighted by atomic mass is 16.5. The van der Waals surface area contributed by atoms with Crippen molar-refractivity contribution in [1.82, 2.24) is 5.43 Å². The van der Waals surface area contributed by atoms with Gasteiger partial charge in [-0.2, -0.15) is 5.10 Å². The number of rotatable bonds is 4. The first-order chi connectivity index (χ1) is 12.8. The molecule has 1 saturated carbocycles. The highest BCUT2D eigenvalue weighted by Crippen LogP contribution is 2.39. The number of hydrazone groups is 1. The van der Waals surface area contributed by atoms with Crippen molar-refractivity contribution in [3.05, 3.63) is 65.2 Å². The second kappa shape index (κ2) is 7.24. The molecule has 0 aromatic heterocycles. The zero-order valence-corrected chi connectivity index (χ0v) is 15.2. The lowest BCUT2D eigenvalue weighted by Gasteiger charge is -2.26. The summed E-state index contributed by atoms with van der Waals surface area (Å²) in [6.07, 6.45) is 5.71. The van der Waals surface area contributed by atoms with Crippen LogP contribution in [0.4, 0.5) is 0 Å². The van der Waals surface area contributed by atoms with Crippen LogP contribution in [0.1, 0.15) is 36.4 Å². The Morgan fingerprint density at radius 3 is 2.27 bits per heavy atom. The fourth-order valence-electron chi connectivity index (χ4n) is 3.89. The number of methoxy groups -OCH3 is 2.